The molecule has 2 fully saturated rings. The first-order valence-electron chi connectivity index (χ1n) is 14.5. The molecule has 4 aromatic rings. The van der Waals surface area contributed by atoms with Gasteiger partial charge in [0.05, 0.1) is 23.3 Å². The number of rotatable bonds is 7. The first-order valence-corrected chi connectivity index (χ1v) is 14.9. The van der Waals surface area contributed by atoms with Gasteiger partial charge in [0.2, 0.25) is 17.7 Å². The number of halogens is 3. The van der Waals surface area contributed by atoms with Crippen molar-refractivity contribution in [1.82, 2.24) is 20.5 Å². The zero-order valence-corrected chi connectivity index (χ0v) is 24.7. The third-order valence-corrected chi connectivity index (χ3v) is 8.67. The molecule has 2 aromatic heterocycles. The fraction of sp³-hybridized carbons (Fsp3) is 0.312. The smallest absolute Gasteiger partial charge is 0.251 e. The van der Waals surface area contributed by atoms with E-state index in [1.165, 1.54) is 28.1 Å². The lowest BCUT2D eigenvalue weighted by atomic mass is 9.91. The summed E-state index contributed by atoms with van der Waals surface area (Å²) in [7, 11) is 0. The monoisotopic (exact) mass is 631 g/mol. The highest BCUT2D eigenvalue weighted by atomic mass is 35.5. The molecule has 2 aromatic carbocycles. The molecular formula is C32H28ClF2N7O3. The van der Waals surface area contributed by atoms with Crippen LogP contribution >= 0.6 is 11.6 Å². The second-order valence-electron chi connectivity index (χ2n) is 11.2. The molecule has 1 aliphatic carbocycles. The van der Waals surface area contributed by atoms with E-state index >= 15 is 0 Å². The van der Waals surface area contributed by atoms with E-state index in [0.717, 1.165) is 0 Å². The number of carbonyl (C=O) groups excluding carboxylic acids is 3. The number of benzene rings is 2. The van der Waals surface area contributed by atoms with Crippen LogP contribution in [0.1, 0.15) is 55.7 Å². The van der Waals surface area contributed by atoms with E-state index in [2.05, 4.69) is 20.5 Å². The van der Waals surface area contributed by atoms with Gasteiger partial charge in [-0.25, -0.2) is 13.8 Å². The molecule has 1 aliphatic heterocycles. The van der Waals surface area contributed by atoms with Crippen molar-refractivity contribution in [2.24, 2.45) is 0 Å². The van der Waals surface area contributed by atoms with Gasteiger partial charge in [-0.2, -0.15) is 10.4 Å². The van der Waals surface area contributed by atoms with Crippen molar-refractivity contribution in [3.63, 3.8) is 0 Å². The number of nitrogens with zero attached hydrogens (tertiary/aromatic N) is 5. The molecule has 0 bridgehead atoms. The zero-order chi connectivity index (χ0) is 31.7. The molecule has 2 N–H and O–H groups in total. The minimum absolute atomic E-state index is 0.0444. The number of hydrogen-bond acceptors (Lipinski definition) is 6. The summed E-state index contributed by atoms with van der Waals surface area (Å²) in [6.07, 6.45) is 2.59. The number of pyridine rings is 1. The van der Waals surface area contributed by atoms with Crippen molar-refractivity contribution >= 4 is 51.7 Å². The average molecular weight is 632 g/mol. The van der Waals surface area contributed by atoms with Crippen LogP contribution in [0.3, 0.4) is 0 Å². The molecule has 6 rings (SSSR count). The fourth-order valence-electron chi connectivity index (χ4n) is 6.03. The van der Waals surface area contributed by atoms with Crippen LogP contribution in [0.15, 0.2) is 67.0 Å². The van der Waals surface area contributed by atoms with Crippen LogP contribution < -0.4 is 15.1 Å². The lowest BCUT2D eigenvalue weighted by molar-refractivity contribution is -0.128. The topological polar surface area (TPSA) is 135 Å². The highest BCUT2D eigenvalue weighted by Gasteiger charge is 2.45. The van der Waals surface area contributed by atoms with Gasteiger partial charge in [-0.1, -0.05) is 29.8 Å². The van der Waals surface area contributed by atoms with Crippen molar-refractivity contribution in [2.75, 3.05) is 9.80 Å². The van der Waals surface area contributed by atoms with E-state index in [1.54, 1.807) is 48.7 Å². The molecule has 1 saturated heterocycles. The van der Waals surface area contributed by atoms with Crippen LogP contribution in [0.2, 0.25) is 5.02 Å². The van der Waals surface area contributed by atoms with Gasteiger partial charge >= 0.3 is 0 Å². The molecule has 2 atom stereocenters. The molecule has 0 radical (unpaired) electrons. The summed E-state index contributed by atoms with van der Waals surface area (Å²) in [6, 6.07) is 13.7. The molecule has 1 saturated carbocycles. The quantitative estimate of drug-likeness (QED) is 0.279. The summed E-state index contributed by atoms with van der Waals surface area (Å²) in [5.74, 6) is -4.19. The Morgan fingerprint density at radius 1 is 1.13 bits per heavy atom. The van der Waals surface area contributed by atoms with Gasteiger partial charge in [0, 0.05) is 53.2 Å². The van der Waals surface area contributed by atoms with Gasteiger partial charge in [0.15, 0.2) is 0 Å². The average Bonchev–Trinajstić information content (AvgIpc) is 3.67. The fourth-order valence-corrected chi connectivity index (χ4v) is 6.27. The number of H-pyrrole nitrogens is 1. The Labute approximate surface area is 262 Å². The summed E-state index contributed by atoms with van der Waals surface area (Å²) < 4.78 is 27.9. The van der Waals surface area contributed by atoms with Crippen LogP contribution in [0, 0.1) is 11.3 Å². The van der Waals surface area contributed by atoms with Crippen LogP contribution in [-0.2, 0) is 14.4 Å². The van der Waals surface area contributed by atoms with Crippen molar-refractivity contribution in [1.29, 1.82) is 5.26 Å². The predicted molar refractivity (Wildman–Crippen MR) is 163 cm³/mol. The van der Waals surface area contributed by atoms with Crippen molar-refractivity contribution in [3.05, 3.63) is 83.1 Å². The molecule has 2 aliphatic rings. The molecule has 230 valence electrons. The number of fused-ring (bicyclic) bond motifs is 1. The zero-order valence-electron chi connectivity index (χ0n) is 23.9. The Hall–Kier alpha value is -4.89. The van der Waals surface area contributed by atoms with Crippen molar-refractivity contribution < 1.29 is 23.2 Å². The SMILES string of the molecule is N#Cc1ccnc(N2C(=O)CC[C@H]2C(=O)N(c2ccc3[nH]ncc3c2)C(C(=O)NC2CCC(F)(F)CC2)c2ccccc2Cl)c1. The number of amides is 3. The summed E-state index contributed by atoms with van der Waals surface area (Å²) in [6.45, 7) is 0. The Morgan fingerprint density at radius 2 is 1.91 bits per heavy atom. The van der Waals surface area contributed by atoms with Crippen LogP contribution in [-0.4, -0.2) is 50.9 Å². The highest BCUT2D eigenvalue weighted by molar-refractivity contribution is 6.31. The highest BCUT2D eigenvalue weighted by Crippen LogP contribution is 2.38. The lowest BCUT2D eigenvalue weighted by Gasteiger charge is -2.37. The molecule has 3 amide bonds. The van der Waals surface area contributed by atoms with Gasteiger partial charge in [-0.15, -0.1) is 0 Å². The number of carbonyl (C=O) groups is 3. The summed E-state index contributed by atoms with van der Waals surface area (Å²) >= 11 is 6.66. The number of hydrogen-bond donors (Lipinski definition) is 2. The molecule has 3 heterocycles. The van der Waals surface area contributed by atoms with E-state index < -0.39 is 35.9 Å². The van der Waals surface area contributed by atoms with Crippen LogP contribution in [0.5, 0.6) is 0 Å². The maximum absolute atomic E-state index is 14.8. The maximum Gasteiger partial charge on any atom is 0.251 e. The first kappa shape index (κ1) is 30.1. The molecule has 45 heavy (non-hydrogen) atoms. The second kappa shape index (κ2) is 12.2. The molecule has 13 heteroatoms. The number of aromatic nitrogens is 3. The molecule has 0 spiro atoms. The van der Waals surface area contributed by atoms with E-state index in [0.29, 0.717) is 22.2 Å². The third-order valence-electron chi connectivity index (χ3n) is 8.33. The van der Waals surface area contributed by atoms with Gasteiger partial charge in [-0.05, 0) is 55.7 Å². The number of nitrogens with one attached hydrogen (secondary N) is 2. The van der Waals surface area contributed by atoms with E-state index in [9.17, 15) is 28.4 Å². The van der Waals surface area contributed by atoms with E-state index in [-0.39, 0.29) is 60.8 Å². The Morgan fingerprint density at radius 3 is 2.67 bits per heavy atom. The first-order chi connectivity index (χ1) is 21.6. The molecular weight excluding hydrogens is 604 g/mol. The van der Waals surface area contributed by atoms with Gasteiger partial charge in [0.25, 0.3) is 5.91 Å². The number of anilines is 2. The second-order valence-corrected chi connectivity index (χ2v) is 11.7. The van der Waals surface area contributed by atoms with Gasteiger partial charge < -0.3 is 5.32 Å². The largest absolute Gasteiger partial charge is 0.351 e. The minimum atomic E-state index is -2.79. The third kappa shape index (κ3) is 6.08. The van der Waals surface area contributed by atoms with Crippen LogP contribution in [0.4, 0.5) is 20.3 Å². The molecule has 10 nitrogen and oxygen atoms in total. The van der Waals surface area contributed by atoms with E-state index in [4.69, 9.17) is 11.6 Å². The summed E-state index contributed by atoms with van der Waals surface area (Å²) in [4.78, 5) is 49.1. The number of nitriles is 1. The minimum Gasteiger partial charge on any atom is -0.351 e. The normalized spacial score (nSPS) is 18.8. The number of alkyl halides is 2. The van der Waals surface area contributed by atoms with Gasteiger partial charge in [0.1, 0.15) is 17.9 Å². The lowest BCUT2D eigenvalue weighted by Crippen LogP contribution is -2.53. The standard InChI is InChI=1S/C32H28ClF2N7O3/c33-24-4-2-1-3-23(24)29(30(44)39-21-9-12-32(34,35)13-10-21)41(22-5-6-25-20(16-22)18-38-40-25)31(45)26-7-8-28(43)42(26)27-15-19(17-36)11-14-37-27/h1-6,11,14-16,18,21,26,29H,7-10,12-13H2,(H,38,40)(H,39,44)/t26-,29?/m0/s1. The maximum atomic E-state index is 14.8. The Kier molecular flexibility index (Phi) is 8.20. The Balaban J connectivity index is 1.46. The Bertz CT molecular complexity index is 1810. The van der Waals surface area contributed by atoms with Gasteiger partial charge in [-0.3, -0.25) is 29.3 Å². The van der Waals surface area contributed by atoms with Crippen molar-refractivity contribution in [3.8, 4) is 6.07 Å². The van der Waals surface area contributed by atoms with Crippen molar-refractivity contribution in [2.45, 2.75) is 62.6 Å². The predicted octanol–water partition coefficient (Wildman–Crippen LogP) is 5.45. The van der Waals surface area contributed by atoms with E-state index in [1.807, 2.05) is 6.07 Å². The summed E-state index contributed by atoms with van der Waals surface area (Å²) in [5.41, 5.74) is 1.61. The van der Waals surface area contributed by atoms with Crippen LogP contribution in [0.25, 0.3) is 10.9 Å². The number of aromatic amines is 1. The summed E-state index contributed by atoms with van der Waals surface area (Å²) in [5, 5.41) is 20.2. The molecule has 1 unspecified atom stereocenters.